The third-order valence-electron chi connectivity index (χ3n) is 1.68. The maximum atomic E-state index is 10.5. The summed E-state index contributed by atoms with van der Waals surface area (Å²) in [7, 11) is 1.42. The second kappa shape index (κ2) is 4.53. The zero-order valence-electron chi connectivity index (χ0n) is 7.38. The number of carboxylic acids is 1. The van der Waals surface area contributed by atoms with Crippen LogP contribution in [0.2, 0.25) is 10.0 Å². The number of carbonyl (C=O) groups is 1. The zero-order chi connectivity index (χ0) is 10.7. The van der Waals surface area contributed by atoms with Gasteiger partial charge in [-0.1, -0.05) is 29.3 Å². The molecule has 1 rings (SSSR count). The molecule has 0 aliphatic rings. The molecule has 0 saturated carbocycles. The predicted molar refractivity (Wildman–Crippen MR) is 54.4 cm³/mol. The van der Waals surface area contributed by atoms with Crippen LogP contribution in [0.1, 0.15) is 5.56 Å². The highest BCUT2D eigenvalue weighted by Crippen LogP contribution is 2.35. The smallest absolute Gasteiger partial charge is 0.307 e. The first-order chi connectivity index (χ1) is 6.56. The molecule has 0 heterocycles. The molecule has 0 saturated heterocycles. The molecule has 1 aromatic rings. The highest BCUT2D eigenvalue weighted by Gasteiger charge is 2.13. The van der Waals surface area contributed by atoms with E-state index in [-0.39, 0.29) is 11.4 Å². The molecule has 14 heavy (non-hydrogen) atoms. The van der Waals surface area contributed by atoms with Crippen LogP contribution < -0.4 is 4.74 Å². The van der Waals surface area contributed by atoms with Crippen molar-refractivity contribution in [2.45, 2.75) is 6.42 Å². The molecule has 5 heteroatoms. The second-order valence-electron chi connectivity index (χ2n) is 2.62. The first-order valence-electron chi connectivity index (χ1n) is 3.79. The highest BCUT2D eigenvalue weighted by molar-refractivity contribution is 6.43. The van der Waals surface area contributed by atoms with Gasteiger partial charge in [0.25, 0.3) is 0 Å². The summed E-state index contributed by atoms with van der Waals surface area (Å²) in [6.07, 6.45) is -0.139. The van der Waals surface area contributed by atoms with Crippen molar-refractivity contribution < 1.29 is 14.6 Å². The van der Waals surface area contributed by atoms with E-state index < -0.39 is 5.97 Å². The molecule has 0 atom stereocenters. The minimum atomic E-state index is -0.943. The standard InChI is InChI=1S/C9H8Cl2O3/c1-14-9-5(4-7(12)13)2-3-6(10)8(9)11/h2-3H,4H2,1H3,(H,12,13). The predicted octanol–water partition coefficient (Wildman–Crippen LogP) is 2.63. The Morgan fingerprint density at radius 3 is 2.64 bits per heavy atom. The Morgan fingerprint density at radius 2 is 2.14 bits per heavy atom. The fourth-order valence-corrected chi connectivity index (χ4v) is 1.51. The normalized spacial score (nSPS) is 9.93. The van der Waals surface area contributed by atoms with Crippen molar-refractivity contribution in [3.05, 3.63) is 27.7 Å². The fraction of sp³-hybridized carbons (Fsp3) is 0.222. The van der Waals surface area contributed by atoms with Crippen LogP contribution in [0.5, 0.6) is 5.75 Å². The molecule has 0 bridgehead atoms. The van der Waals surface area contributed by atoms with Gasteiger partial charge in [-0.3, -0.25) is 4.79 Å². The maximum absolute atomic E-state index is 10.5. The van der Waals surface area contributed by atoms with Crippen molar-refractivity contribution in [2.75, 3.05) is 7.11 Å². The lowest BCUT2D eigenvalue weighted by molar-refractivity contribution is -0.136. The first kappa shape index (κ1) is 11.1. The van der Waals surface area contributed by atoms with E-state index in [2.05, 4.69) is 0 Å². The van der Waals surface area contributed by atoms with Crippen LogP contribution in [-0.4, -0.2) is 18.2 Å². The molecule has 0 amide bonds. The molecule has 1 N–H and O–H groups in total. The largest absolute Gasteiger partial charge is 0.495 e. The Balaban J connectivity index is 3.17. The Kier molecular flexibility index (Phi) is 3.61. The second-order valence-corrected chi connectivity index (χ2v) is 3.41. The maximum Gasteiger partial charge on any atom is 0.307 e. The van der Waals surface area contributed by atoms with E-state index in [4.69, 9.17) is 33.0 Å². The lowest BCUT2D eigenvalue weighted by Gasteiger charge is -2.09. The van der Waals surface area contributed by atoms with E-state index in [0.29, 0.717) is 16.3 Å². The van der Waals surface area contributed by atoms with Gasteiger partial charge in [-0.15, -0.1) is 0 Å². The van der Waals surface area contributed by atoms with Gasteiger partial charge < -0.3 is 9.84 Å². The van der Waals surface area contributed by atoms with Crippen LogP contribution in [-0.2, 0) is 11.2 Å². The van der Waals surface area contributed by atoms with E-state index in [1.807, 2.05) is 0 Å². The quantitative estimate of drug-likeness (QED) is 0.875. The van der Waals surface area contributed by atoms with E-state index in [9.17, 15) is 4.79 Å². The first-order valence-corrected chi connectivity index (χ1v) is 4.54. The zero-order valence-corrected chi connectivity index (χ0v) is 8.89. The van der Waals surface area contributed by atoms with Gasteiger partial charge in [0, 0.05) is 5.56 Å². The van der Waals surface area contributed by atoms with Gasteiger partial charge in [0.05, 0.1) is 18.6 Å². The SMILES string of the molecule is COc1c(CC(=O)O)ccc(Cl)c1Cl. The van der Waals surface area contributed by atoms with Crippen LogP contribution in [0, 0.1) is 0 Å². The van der Waals surface area contributed by atoms with E-state index in [1.54, 1.807) is 12.1 Å². The number of ether oxygens (including phenoxy) is 1. The van der Waals surface area contributed by atoms with Crippen molar-refractivity contribution in [3.63, 3.8) is 0 Å². The van der Waals surface area contributed by atoms with E-state index >= 15 is 0 Å². The van der Waals surface area contributed by atoms with Crippen molar-refractivity contribution in [2.24, 2.45) is 0 Å². The van der Waals surface area contributed by atoms with Gasteiger partial charge in [0.2, 0.25) is 0 Å². The minimum absolute atomic E-state index is 0.139. The Hall–Kier alpha value is -0.930. The molecule has 0 fully saturated rings. The molecule has 0 radical (unpaired) electrons. The van der Waals surface area contributed by atoms with Crippen molar-refractivity contribution in [1.29, 1.82) is 0 Å². The number of hydrogen-bond donors (Lipinski definition) is 1. The third-order valence-corrected chi connectivity index (χ3v) is 2.46. The lowest BCUT2D eigenvalue weighted by Crippen LogP contribution is -2.02. The lowest BCUT2D eigenvalue weighted by atomic mass is 10.1. The van der Waals surface area contributed by atoms with Gasteiger partial charge in [-0.2, -0.15) is 0 Å². The summed E-state index contributed by atoms with van der Waals surface area (Å²) in [4.78, 5) is 10.5. The Labute approximate surface area is 91.2 Å². The molecule has 0 spiro atoms. The molecular weight excluding hydrogens is 227 g/mol. The van der Waals surface area contributed by atoms with Crippen LogP contribution in [0.15, 0.2) is 12.1 Å². The summed E-state index contributed by atoms with van der Waals surface area (Å²) >= 11 is 11.6. The topological polar surface area (TPSA) is 46.5 Å². The van der Waals surface area contributed by atoms with Gasteiger partial charge >= 0.3 is 5.97 Å². The van der Waals surface area contributed by atoms with Gasteiger partial charge in [0.1, 0.15) is 10.8 Å². The van der Waals surface area contributed by atoms with Crippen LogP contribution in [0.4, 0.5) is 0 Å². The Morgan fingerprint density at radius 1 is 1.50 bits per heavy atom. The number of carboxylic acid groups (broad SMARTS) is 1. The summed E-state index contributed by atoms with van der Waals surface area (Å²) in [6.45, 7) is 0. The molecule has 1 aromatic carbocycles. The molecule has 0 aromatic heterocycles. The third kappa shape index (κ3) is 2.30. The summed E-state index contributed by atoms with van der Waals surface area (Å²) in [5.74, 6) is -0.622. The molecule has 0 unspecified atom stereocenters. The average Bonchev–Trinajstić information content (AvgIpc) is 2.11. The molecule has 0 aliphatic carbocycles. The number of aliphatic carboxylic acids is 1. The molecular formula is C9H8Cl2O3. The van der Waals surface area contributed by atoms with Crippen molar-refractivity contribution in [3.8, 4) is 5.75 Å². The minimum Gasteiger partial charge on any atom is -0.495 e. The van der Waals surface area contributed by atoms with Gasteiger partial charge in [-0.25, -0.2) is 0 Å². The average molecular weight is 235 g/mol. The van der Waals surface area contributed by atoms with E-state index in [0.717, 1.165) is 0 Å². The number of halogens is 2. The molecule has 76 valence electrons. The summed E-state index contributed by atoms with van der Waals surface area (Å²) in [6, 6.07) is 3.13. The monoisotopic (exact) mass is 234 g/mol. The van der Waals surface area contributed by atoms with Gasteiger partial charge in [0.15, 0.2) is 0 Å². The van der Waals surface area contributed by atoms with Crippen molar-refractivity contribution in [1.82, 2.24) is 0 Å². The van der Waals surface area contributed by atoms with Crippen molar-refractivity contribution >= 4 is 29.2 Å². The van der Waals surface area contributed by atoms with E-state index in [1.165, 1.54) is 7.11 Å². The number of methoxy groups -OCH3 is 1. The summed E-state index contributed by atoms with van der Waals surface area (Å²) < 4.78 is 4.98. The molecule has 3 nitrogen and oxygen atoms in total. The fourth-order valence-electron chi connectivity index (χ4n) is 1.09. The number of rotatable bonds is 3. The van der Waals surface area contributed by atoms with Gasteiger partial charge in [-0.05, 0) is 6.07 Å². The highest BCUT2D eigenvalue weighted by atomic mass is 35.5. The number of benzene rings is 1. The number of hydrogen-bond acceptors (Lipinski definition) is 2. The van der Waals surface area contributed by atoms with Crippen LogP contribution in [0.25, 0.3) is 0 Å². The summed E-state index contributed by atoms with van der Waals surface area (Å²) in [5.41, 5.74) is 0.509. The van der Waals surface area contributed by atoms with Crippen LogP contribution in [0.3, 0.4) is 0 Å². The Bertz CT molecular complexity index is 363. The summed E-state index contributed by atoms with van der Waals surface area (Å²) in [5, 5.41) is 9.20. The molecule has 0 aliphatic heterocycles. The van der Waals surface area contributed by atoms with Crippen LogP contribution >= 0.6 is 23.2 Å².